The highest BCUT2D eigenvalue weighted by Crippen LogP contribution is 2.32. The Kier molecular flexibility index (Phi) is 3.61. The summed E-state index contributed by atoms with van der Waals surface area (Å²) in [5, 5.41) is 8.27. The van der Waals surface area contributed by atoms with Crippen LogP contribution in [0.5, 0.6) is 0 Å². The molecule has 1 aliphatic rings. The Bertz CT molecular complexity index is 856. The maximum Gasteiger partial charge on any atom is 0.247 e. The van der Waals surface area contributed by atoms with E-state index in [-0.39, 0.29) is 11.8 Å². The van der Waals surface area contributed by atoms with Crippen LogP contribution < -0.4 is 4.90 Å². The molecule has 0 saturated carbocycles. The van der Waals surface area contributed by atoms with Gasteiger partial charge in [0.25, 0.3) is 0 Å². The van der Waals surface area contributed by atoms with Gasteiger partial charge in [0.1, 0.15) is 0 Å². The molecule has 0 radical (unpaired) electrons. The molecule has 3 aromatic rings. The van der Waals surface area contributed by atoms with Crippen molar-refractivity contribution in [2.45, 2.75) is 19.3 Å². The standard InChI is InChI=1S/C19H17N3O2/c1-13-7-9-16(10-8-13)22-12-15(11-17(22)23)19-21-20-18(24-19)14-5-3-2-4-6-14/h2-10,15H,11-12H2,1H3. The van der Waals surface area contributed by atoms with Crippen molar-refractivity contribution in [3.63, 3.8) is 0 Å². The molecule has 4 rings (SSSR count). The number of anilines is 1. The zero-order valence-electron chi connectivity index (χ0n) is 13.3. The average Bonchev–Trinajstić information content (AvgIpc) is 3.23. The molecule has 0 N–H and O–H groups in total. The van der Waals surface area contributed by atoms with E-state index in [4.69, 9.17) is 4.42 Å². The van der Waals surface area contributed by atoms with Crippen molar-refractivity contribution in [3.05, 3.63) is 66.1 Å². The molecule has 2 aromatic carbocycles. The monoisotopic (exact) mass is 319 g/mol. The second-order valence-corrected chi connectivity index (χ2v) is 6.05. The van der Waals surface area contributed by atoms with E-state index in [1.54, 1.807) is 4.90 Å². The molecule has 1 aliphatic heterocycles. The lowest BCUT2D eigenvalue weighted by Gasteiger charge is -2.16. The number of aryl methyl sites for hydroxylation is 1. The minimum atomic E-state index is -0.0660. The Morgan fingerprint density at radius 2 is 1.79 bits per heavy atom. The third-order valence-electron chi connectivity index (χ3n) is 4.28. The molecular formula is C19H17N3O2. The van der Waals surface area contributed by atoms with Crippen molar-refractivity contribution >= 4 is 11.6 Å². The van der Waals surface area contributed by atoms with Crippen LogP contribution in [0.15, 0.2) is 59.0 Å². The Morgan fingerprint density at radius 3 is 2.54 bits per heavy atom. The summed E-state index contributed by atoms with van der Waals surface area (Å²) < 4.78 is 5.80. The highest BCUT2D eigenvalue weighted by atomic mass is 16.4. The second kappa shape index (κ2) is 5.92. The third-order valence-corrected chi connectivity index (χ3v) is 4.28. The van der Waals surface area contributed by atoms with Crippen molar-refractivity contribution in [2.24, 2.45) is 0 Å². The number of benzene rings is 2. The molecule has 0 spiro atoms. The fraction of sp³-hybridized carbons (Fsp3) is 0.211. The topological polar surface area (TPSA) is 59.2 Å². The van der Waals surface area contributed by atoms with Gasteiger partial charge in [-0.1, -0.05) is 35.9 Å². The fourth-order valence-corrected chi connectivity index (χ4v) is 2.94. The zero-order chi connectivity index (χ0) is 16.5. The number of amides is 1. The first-order chi connectivity index (χ1) is 11.7. The number of carbonyl (C=O) groups is 1. The fourth-order valence-electron chi connectivity index (χ4n) is 2.94. The molecule has 24 heavy (non-hydrogen) atoms. The van der Waals surface area contributed by atoms with Crippen LogP contribution in [-0.4, -0.2) is 22.6 Å². The third kappa shape index (κ3) is 2.69. The van der Waals surface area contributed by atoms with Crippen LogP contribution in [-0.2, 0) is 4.79 Å². The predicted molar refractivity (Wildman–Crippen MR) is 90.6 cm³/mol. The van der Waals surface area contributed by atoms with Crippen LogP contribution in [0.4, 0.5) is 5.69 Å². The highest BCUT2D eigenvalue weighted by Gasteiger charge is 2.35. The molecule has 1 unspecified atom stereocenters. The minimum absolute atomic E-state index is 0.0660. The van der Waals surface area contributed by atoms with Crippen LogP contribution in [0.3, 0.4) is 0 Å². The van der Waals surface area contributed by atoms with Crippen LogP contribution in [0.2, 0.25) is 0 Å². The maximum atomic E-state index is 12.4. The maximum absolute atomic E-state index is 12.4. The van der Waals surface area contributed by atoms with Crippen LogP contribution in [0.1, 0.15) is 23.8 Å². The van der Waals surface area contributed by atoms with Gasteiger partial charge in [0.05, 0.1) is 5.92 Å². The summed E-state index contributed by atoms with van der Waals surface area (Å²) in [6.07, 6.45) is 0.393. The van der Waals surface area contributed by atoms with E-state index < -0.39 is 0 Å². The Labute approximate surface area is 139 Å². The van der Waals surface area contributed by atoms with E-state index >= 15 is 0 Å². The predicted octanol–water partition coefficient (Wildman–Crippen LogP) is 3.57. The molecule has 1 aromatic heterocycles. The van der Waals surface area contributed by atoms with Gasteiger partial charge >= 0.3 is 0 Å². The molecular weight excluding hydrogens is 302 g/mol. The summed E-state index contributed by atoms with van der Waals surface area (Å²) in [6, 6.07) is 17.6. The van der Waals surface area contributed by atoms with E-state index in [0.29, 0.717) is 24.7 Å². The molecule has 1 atom stereocenters. The first kappa shape index (κ1) is 14.6. The lowest BCUT2D eigenvalue weighted by atomic mass is 10.1. The number of rotatable bonds is 3. The molecule has 1 fully saturated rings. The average molecular weight is 319 g/mol. The summed E-state index contributed by atoms with van der Waals surface area (Å²) in [7, 11) is 0. The molecule has 5 nitrogen and oxygen atoms in total. The number of nitrogens with zero attached hydrogens (tertiary/aromatic N) is 3. The van der Waals surface area contributed by atoms with Crippen molar-refractivity contribution in [2.75, 3.05) is 11.4 Å². The summed E-state index contributed by atoms with van der Waals surface area (Å²) in [5.74, 6) is 1.04. The molecule has 120 valence electrons. The van der Waals surface area contributed by atoms with Gasteiger partial charge < -0.3 is 9.32 Å². The van der Waals surface area contributed by atoms with Gasteiger partial charge in [-0.05, 0) is 31.2 Å². The quantitative estimate of drug-likeness (QED) is 0.740. The number of hydrogen-bond acceptors (Lipinski definition) is 4. The van der Waals surface area contributed by atoms with Crippen molar-refractivity contribution in [3.8, 4) is 11.5 Å². The first-order valence-corrected chi connectivity index (χ1v) is 7.96. The van der Waals surface area contributed by atoms with Crippen molar-refractivity contribution in [1.29, 1.82) is 0 Å². The lowest BCUT2D eigenvalue weighted by molar-refractivity contribution is -0.117. The van der Waals surface area contributed by atoms with E-state index in [1.807, 2.05) is 61.5 Å². The van der Waals surface area contributed by atoms with Crippen molar-refractivity contribution < 1.29 is 9.21 Å². The van der Waals surface area contributed by atoms with E-state index in [9.17, 15) is 4.79 Å². The number of aromatic nitrogens is 2. The Hall–Kier alpha value is -2.95. The number of hydrogen-bond donors (Lipinski definition) is 0. The Balaban J connectivity index is 1.55. The van der Waals surface area contributed by atoms with Gasteiger partial charge in [0.2, 0.25) is 17.7 Å². The number of carbonyl (C=O) groups excluding carboxylic acids is 1. The van der Waals surface area contributed by atoms with Gasteiger partial charge in [0, 0.05) is 24.2 Å². The zero-order valence-corrected chi connectivity index (χ0v) is 13.3. The molecule has 1 amide bonds. The minimum Gasteiger partial charge on any atom is -0.420 e. The normalized spacial score (nSPS) is 17.5. The van der Waals surface area contributed by atoms with E-state index in [2.05, 4.69) is 10.2 Å². The molecule has 0 bridgehead atoms. The highest BCUT2D eigenvalue weighted by molar-refractivity contribution is 5.96. The SMILES string of the molecule is Cc1ccc(N2CC(c3nnc(-c4ccccc4)o3)CC2=O)cc1. The van der Waals surface area contributed by atoms with Crippen LogP contribution >= 0.6 is 0 Å². The smallest absolute Gasteiger partial charge is 0.247 e. The molecule has 2 heterocycles. The van der Waals surface area contributed by atoms with Crippen molar-refractivity contribution in [1.82, 2.24) is 10.2 Å². The summed E-state index contributed by atoms with van der Waals surface area (Å²) in [4.78, 5) is 14.1. The van der Waals surface area contributed by atoms with Crippen LogP contribution in [0.25, 0.3) is 11.5 Å². The molecule has 0 aliphatic carbocycles. The van der Waals surface area contributed by atoms with E-state index in [0.717, 1.165) is 11.3 Å². The van der Waals surface area contributed by atoms with E-state index in [1.165, 1.54) is 5.56 Å². The van der Waals surface area contributed by atoms with Gasteiger partial charge in [-0.25, -0.2) is 0 Å². The van der Waals surface area contributed by atoms with Gasteiger partial charge in [-0.2, -0.15) is 0 Å². The summed E-state index contributed by atoms with van der Waals surface area (Å²) in [5.41, 5.74) is 2.97. The van der Waals surface area contributed by atoms with Gasteiger partial charge in [-0.3, -0.25) is 4.79 Å². The van der Waals surface area contributed by atoms with Crippen LogP contribution in [0, 0.1) is 6.92 Å². The first-order valence-electron chi connectivity index (χ1n) is 7.96. The lowest BCUT2D eigenvalue weighted by Crippen LogP contribution is -2.24. The summed E-state index contributed by atoms with van der Waals surface area (Å²) >= 11 is 0. The van der Waals surface area contributed by atoms with Gasteiger partial charge in [0.15, 0.2) is 0 Å². The summed E-state index contributed by atoms with van der Waals surface area (Å²) in [6.45, 7) is 2.60. The Morgan fingerprint density at radius 1 is 1.04 bits per heavy atom. The molecule has 1 saturated heterocycles. The van der Waals surface area contributed by atoms with Gasteiger partial charge in [-0.15, -0.1) is 10.2 Å². The molecule has 5 heteroatoms. The second-order valence-electron chi connectivity index (χ2n) is 6.05. The largest absolute Gasteiger partial charge is 0.420 e.